The third kappa shape index (κ3) is 2.95. The molecule has 0 saturated heterocycles. The zero-order valence-corrected chi connectivity index (χ0v) is 10.5. The first-order valence-corrected chi connectivity index (χ1v) is 6.13. The highest BCUT2D eigenvalue weighted by Gasteiger charge is 2.46. The van der Waals surface area contributed by atoms with Crippen LogP contribution >= 0.6 is 0 Å². The second-order valence-electron chi connectivity index (χ2n) is 4.32. The Morgan fingerprint density at radius 1 is 1.50 bits per heavy atom. The largest absolute Gasteiger partial charge is 0.468 e. The minimum absolute atomic E-state index is 0.150. The molecule has 1 fully saturated rings. The number of nitrogens with one attached hydrogen (secondary N) is 1. The molecule has 1 aliphatic carbocycles. The number of ether oxygens (including phenoxy) is 2. The van der Waals surface area contributed by atoms with E-state index in [0.717, 1.165) is 32.2 Å². The fourth-order valence-corrected chi connectivity index (χ4v) is 2.36. The van der Waals surface area contributed by atoms with Crippen LogP contribution in [0.3, 0.4) is 0 Å². The monoisotopic (exact) mass is 229 g/mol. The van der Waals surface area contributed by atoms with Crippen molar-refractivity contribution < 1.29 is 14.3 Å². The summed E-state index contributed by atoms with van der Waals surface area (Å²) in [6.45, 7) is 5.62. The molecule has 0 aliphatic heterocycles. The van der Waals surface area contributed by atoms with Gasteiger partial charge in [0.25, 0.3) is 0 Å². The fourth-order valence-electron chi connectivity index (χ4n) is 2.36. The Hall–Kier alpha value is -0.610. The first kappa shape index (κ1) is 13.5. The van der Waals surface area contributed by atoms with Gasteiger partial charge in [0.05, 0.1) is 13.2 Å². The highest BCUT2D eigenvalue weighted by Crippen LogP contribution is 2.33. The number of rotatable bonds is 6. The Morgan fingerprint density at radius 3 is 2.81 bits per heavy atom. The van der Waals surface area contributed by atoms with E-state index in [9.17, 15) is 4.79 Å². The Kier molecular flexibility index (Phi) is 5.22. The predicted molar refractivity (Wildman–Crippen MR) is 62.3 cm³/mol. The Bertz CT molecular complexity index is 232. The van der Waals surface area contributed by atoms with Crippen LogP contribution in [-0.4, -0.2) is 37.9 Å². The van der Waals surface area contributed by atoms with Gasteiger partial charge >= 0.3 is 5.97 Å². The first-order chi connectivity index (χ1) is 7.68. The molecule has 1 saturated carbocycles. The van der Waals surface area contributed by atoms with Crippen LogP contribution in [0.4, 0.5) is 0 Å². The quantitative estimate of drug-likeness (QED) is 0.701. The first-order valence-electron chi connectivity index (χ1n) is 6.13. The van der Waals surface area contributed by atoms with E-state index in [4.69, 9.17) is 9.47 Å². The maximum atomic E-state index is 11.9. The molecule has 0 spiro atoms. The van der Waals surface area contributed by atoms with Gasteiger partial charge in [-0.25, -0.2) is 0 Å². The van der Waals surface area contributed by atoms with Gasteiger partial charge in [-0.05, 0) is 32.7 Å². The molecule has 4 heteroatoms. The summed E-state index contributed by atoms with van der Waals surface area (Å²) >= 11 is 0. The summed E-state index contributed by atoms with van der Waals surface area (Å²) in [4.78, 5) is 11.9. The molecule has 0 bridgehead atoms. The van der Waals surface area contributed by atoms with Gasteiger partial charge in [-0.2, -0.15) is 0 Å². The molecule has 16 heavy (non-hydrogen) atoms. The molecule has 94 valence electrons. The number of carbonyl (C=O) groups is 1. The van der Waals surface area contributed by atoms with Crippen molar-refractivity contribution in [2.24, 2.45) is 0 Å². The number of hydrogen-bond donors (Lipinski definition) is 1. The van der Waals surface area contributed by atoms with E-state index in [1.165, 1.54) is 7.11 Å². The van der Waals surface area contributed by atoms with Crippen molar-refractivity contribution in [3.63, 3.8) is 0 Å². The molecular weight excluding hydrogens is 206 g/mol. The summed E-state index contributed by atoms with van der Waals surface area (Å²) in [5.41, 5.74) is -0.509. The van der Waals surface area contributed by atoms with Crippen LogP contribution in [0.2, 0.25) is 0 Å². The molecule has 4 nitrogen and oxygen atoms in total. The molecule has 0 aromatic heterocycles. The van der Waals surface area contributed by atoms with Gasteiger partial charge in [-0.1, -0.05) is 6.92 Å². The van der Waals surface area contributed by atoms with Crippen molar-refractivity contribution in [1.82, 2.24) is 5.32 Å². The van der Waals surface area contributed by atoms with Crippen LogP contribution in [0.1, 0.15) is 39.5 Å². The summed E-state index contributed by atoms with van der Waals surface area (Å²) < 4.78 is 10.5. The molecule has 1 N–H and O–H groups in total. The maximum Gasteiger partial charge on any atom is 0.326 e. The zero-order chi connectivity index (χ0) is 12.0. The maximum absolute atomic E-state index is 11.9. The van der Waals surface area contributed by atoms with Gasteiger partial charge in [0, 0.05) is 13.0 Å². The van der Waals surface area contributed by atoms with Gasteiger partial charge in [-0.3, -0.25) is 4.79 Å². The van der Waals surface area contributed by atoms with Gasteiger partial charge in [0.15, 0.2) is 0 Å². The lowest BCUT2D eigenvalue weighted by Crippen LogP contribution is -2.51. The second-order valence-corrected chi connectivity index (χ2v) is 4.32. The van der Waals surface area contributed by atoms with Crippen LogP contribution in [0.25, 0.3) is 0 Å². The van der Waals surface area contributed by atoms with Crippen molar-refractivity contribution in [2.75, 3.05) is 20.3 Å². The molecule has 0 heterocycles. The van der Waals surface area contributed by atoms with E-state index < -0.39 is 5.54 Å². The lowest BCUT2D eigenvalue weighted by Gasteiger charge is -2.27. The predicted octanol–water partition coefficient (Wildman–Crippen LogP) is 1.49. The van der Waals surface area contributed by atoms with E-state index >= 15 is 0 Å². The Morgan fingerprint density at radius 2 is 2.25 bits per heavy atom. The van der Waals surface area contributed by atoms with Crippen molar-refractivity contribution in [3.8, 4) is 0 Å². The standard InChI is InChI=1S/C12H23NO3/c1-4-8-13-12(11(14)15-3)7-6-10(9-12)16-5-2/h10,13H,4-9H2,1-3H3. The number of carbonyl (C=O) groups excluding carboxylic acids is 1. The van der Waals surface area contributed by atoms with Gasteiger partial charge in [-0.15, -0.1) is 0 Å². The summed E-state index contributed by atoms with van der Waals surface area (Å²) in [6.07, 6.45) is 3.67. The second kappa shape index (κ2) is 6.21. The van der Waals surface area contributed by atoms with Crippen molar-refractivity contribution in [3.05, 3.63) is 0 Å². The highest BCUT2D eigenvalue weighted by atomic mass is 16.5. The summed E-state index contributed by atoms with van der Waals surface area (Å²) in [5, 5.41) is 3.33. The molecule has 0 amide bonds. The Labute approximate surface area is 97.7 Å². The lowest BCUT2D eigenvalue weighted by atomic mass is 9.97. The minimum Gasteiger partial charge on any atom is -0.468 e. The third-order valence-corrected chi connectivity index (χ3v) is 3.16. The minimum atomic E-state index is -0.509. The van der Waals surface area contributed by atoms with E-state index in [1.807, 2.05) is 6.92 Å². The van der Waals surface area contributed by atoms with Gasteiger partial charge < -0.3 is 14.8 Å². The van der Waals surface area contributed by atoms with Crippen molar-refractivity contribution in [1.29, 1.82) is 0 Å². The van der Waals surface area contributed by atoms with Crippen LogP contribution in [0.15, 0.2) is 0 Å². The number of esters is 1. The zero-order valence-electron chi connectivity index (χ0n) is 10.5. The smallest absolute Gasteiger partial charge is 0.326 e. The molecule has 0 radical (unpaired) electrons. The van der Waals surface area contributed by atoms with Crippen LogP contribution < -0.4 is 5.32 Å². The SMILES string of the molecule is CCCNC1(C(=O)OC)CCC(OCC)C1. The number of methoxy groups -OCH3 is 1. The number of hydrogen-bond acceptors (Lipinski definition) is 4. The molecule has 2 atom stereocenters. The summed E-state index contributed by atoms with van der Waals surface area (Å²) in [7, 11) is 1.45. The molecule has 0 aromatic rings. The van der Waals surface area contributed by atoms with E-state index in [0.29, 0.717) is 6.61 Å². The fraction of sp³-hybridized carbons (Fsp3) is 0.917. The average molecular weight is 229 g/mol. The van der Waals surface area contributed by atoms with Crippen molar-refractivity contribution in [2.45, 2.75) is 51.2 Å². The van der Waals surface area contributed by atoms with E-state index in [2.05, 4.69) is 12.2 Å². The lowest BCUT2D eigenvalue weighted by molar-refractivity contribution is -0.148. The summed E-state index contributed by atoms with van der Waals surface area (Å²) in [5.74, 6) is -0.150. The van der Waals surface area contributed by atoms with Gasteiger partial charge in [0.2, 0.25) is 0 Å². The average Bonchev–Trinajstić information content (AvgIpc) is 2.71. The van der Waals surface area contributed by atoms with Crippen LogP contribution in [0, 0.1) is 0 Å². The molecule has 0 aromatic carbocycles. The highest BCUT2D eigenvalue weighted by molar-refractivity contribution is 5.81. The molecular formula is C12H23NO3. The summed E-state index contributed by atoms with van der Waals surface area (Å²) in [6, 6.07) is 0. The molecule has 2 unspecified atom stereocenters. The molecule has 1 rings (SSSR count). The topological polar surface area (TPSA) is 47.6 Å². The third-order valence-electron chi connectivity index (χ3n) is 3.16. The van der Waals surface area contributed by atoms with Gasteiger partial charge in [0.1, 0.15) is 5.54 Å². The molecule has 1 aliphatic rings. The normalized spacial score (nSPS) is 29.3. The van der Waals surface area contributed by atoms with E-state index in [-0.39, 0.29) is 12.1 Å². The van der Waals surface area contributed by atoms with E-state index in [1.54, 1.807) is 0 Å². The Balaban J connectivity index is 2.62. The van der Waals surface area contributed by atoms with Crippen molar-refractivity contribution >= 4 is 5.97 Å². The van der Waals surface area contributed by atoms with Crippen LogP contribution in [-0.2, 0) is 14.3 Å². The van der Waals surface area contributed by atoms with Crippen LogP contribution in [0.5, 0.6) is 0 Å².